The highest BCUT2D eigenvalue weighted by Gasteiger charge is 2.33. The normalized spacial score (nSPS) is 14.1. The molecular formula is C16H23F3N2O. The molecule has 1 amide bonds. The molecule has 0 saturated heterocycles. The number of aryl methyl sites for hydroxylation is 1. The highest BCUT2D eigenvalue weighted by atomic mass is 19.4. The predicted octanol–water partition coefficient (Wildman–Crippen LogP) is 3.35. The number of amides is 1. The van der Waals surface area contributed by atoms with Gasteiger partial charge in [-0.1, -0.05) is 25.5 Å². The lowest BCUT2D eigenvalue weighted by Gasteiger charge is -2.30. The van der Waals surface area contributed by atoms with Gasteiger partial charge in [-0.2, -0.15) is 13.2 Å². The van der Waals surface area contributed by atoms with Crippen LogP contribution < -0.4 is 11.1 Å². The van der Waals surface area contributed by atoms with E-state index in [-0.39, 0.29) is 11.8 Å². The monoisotopic (exact) mass is 316 g/mol. The SMILES string of the molecule is Cc1cc(C(F)(F)F)cc(C(C)(C)NC(=O)[C@H](N)C(C)C)c1. The van der Waals surface area contributed by atoms with E-state index in [0.717, 1.165) is 12.1 Å². The highest BCUT2D eigenvalue weighted by molar-refractivity contribution is 5.82. The lowest BCUT2D eigenvalue weighted by Crippen LogP contribution is -2.50. The van der Waals surface area contributed by atoms with E-state index in [2.05, 4.69) is 5.32 Å². The van der Waals surface area contributed by atoms with Gasteiger partial charge in [-0.05, 0) is 44.4 Å². The number of nitrogens with two attached hydrogens (primary N) is 1. The number of hydrogen-bond acceptors (Lipinski definition) is 2. The predicted molar refractivity (Wildman–Crippen MR) is 80.2 cm³/mol. The summed E-state index contributed by atoms with van der Waals surface area (Å²) in [5, 5.41) is 2.73. The van der Waals surface area contributed by atoms with Crippen molar-refractivity contribution in [3.05, 3.63) is 34.9 Å². The number of alkyl halides is 3. The molecule has 22 heavy (non-hydrogen) atoms. The van der Waals surface area contributed by atoms with Gasteiger partial charge < -0.3 is 11.1 Å². The lowest BCUT2D eigenvalue weighted by atomic mass is 9.90. The first kappa shape index (κ1) is 18.5. The topological polar surface area (TPSA) is 55.1 Å². The number of halogens is 3. The maximum absolute atomic E-state index is 12.9. The maximum atomic E-state index is 12.9. The fourth-order valence-corrected chi connectivity index (χ4v) is 2.07. The summed E-state index contributed by atoms with van der Waals surface area (Å²) in [5.41, 5.74) is 4.99. The van der Waals surface area contributed by atoms with Crippen LogP contribution in [0, 0.1) is 12.8 Å². The minimum Gasteiger partial charge on any atom is -0.346 e. The summed E-state index contributed by atoms with van der Waals surface area (Å²) in [6, 6.07) is 3.08. The zero-order chi connectivity index (χ0) is 17.3. The molecule has 1 atom stereocenters. The molecule has 0 unspecified atom stereocenters. The van der Waals surface area contributed by atoms with Crippen molar-refractivity contribution in [3.8, 4) is 0 Å². The maximum Gasteiger partial charge on any atom is 0.416 e. The van der Waals surface area contributed by atoms with Crippen LogP contribution in [0.25, 0.3) is 0 Å². The molecule has 6 heteroatoms. The first-order chi connectivity index (χ1) is 9.84. The van der Waals surface area contributed by atoms with Crippen molar-refractivity contribution >= 4 is 5.91 Å². The fourth-order valence-electron chi connectivity index (χ4n) is 2.07. The van der Waals surface area contributed by atoms with Crippen molar-refractivity contribution in [3.63, 3.8) is 0 Å². The summed E-state index contributed by atoms with van der Waals surface area (Å²) >= 11 is 0. The van der Waals surface area contributed by atoms with Crippen molar-refractivity contribution in [2.75, 3.05) is 0 Å². The minimum absolute atomic E-state index is 0.0564. The first-order valence-corrected chi connectivity index (χ1v) is 7.11. The zero-order valence-electron chi connectivity index (χ0n) is 13.5. The van der Waals surface area contributed by atoms with E-state index in [1.54, 1.807) is 26.8 Å². The van der Waals surface area contributed by atoms with E-state index >= 15 is 0 Å². The van der Waals surface area contributed by atoms with E-state index in [1.807, 2.05) is 13.8 Å². The third-order valence-corrected chi connectivity index (χ3v) is 3.58. The van der Waals surface area contributed by atoms with Gasteiger partial charge in [0.2, 0.25) is 5.91 Å². The van der Waals surface area contributed by atoms with Crippen LogP contribution in [0.5, 0.6) is 0 Å². The van der Waals surface area contributed by atoms with Crippen LogP contribution in [0.3, 0.4) is 0 Å². The number of hydrogen-bond donors (Lipinski definition) is 2. The molecule has 0 fully saturated rings. The summed E-state index contributed by atoms with van der Waals surface area (Å²) in [4.78, 5) is 12.1. The zero-order valence-corrected chi connectivity index (χ0v) is 13.5. The second-order valence-corrected chi connectivity index (χ2v) is 6.47. The van der Waals surface area contributed by atoms with Crippen molar-refractivity contribution in [1.29, 1.82) is 0 Å². The Morgan fingerprint density at radius 1 is 1.14 bits per heavy atom. The van der Waals surface area contributed by atoms with Gasteiger partial charge in [-0.25, -0.2) is 0 Å². The van der Waals surface area contributed by atoms with Crippen molar-refractivity contribution in [2.45, 2.75) is 52.4 Å². The van der Waals surface area contributed by atoms with Crippen molar-refractivity contribution < 1.29 is 18.0 Å². The average molecular weight is 316 g/mol. The van der Waals surface area contributed by atoms with Gasteiger partial charge in [0.05, 0.1) is 17.1 Å². The smallest absolute Gasteiger partial charge is 0.346 e. The van der Waals surface area contributed by atoms with Gasteiger partial charge in [0, 0.05) is 0 Å². The van der Waals surface area contributed by atoms with E-state index in [4.69, 9.17) is 5.73 Å². The molecular weight excluding hydrogens is 293 g/mol. The van der Waals surface area contributed by atoms with E-state index in [1.165, 1.54) is 0 Å². The Morgan fingerprint density at radius 2 is 1.64 bits per heavy atom. The van der Waals surface area contributed by atoms with Gasteiger partial charge in [-0.3, -0.25) is 4.79 Å². The van der Waals surface area contributed by atoms with Crippen LogP contribution in [0.4, 0.5) is 13.2 Å². The molecule has 3 nitrogen and oxygen atoms in total. The molecule has 0 aliphatic rings. The van der Waals surface area contributed by atoms with Crippen molar-refractivity contribution in [2.24, 2.45) is 11.7 Å². The van der Waals surface area contributed by atoms with Crippen LogP contribution >= 0.6 is 0 Å². The number of rotatable bonds is 4. The average Bonchev–Trinajstić information content (AvgIpc) is 2.35. The molecule has 124 valence electrons. The molecule has 1 rings (SSSR count). The summed E-state index contributed by atoms with van der Waals surface area (Å²) < 4.78 is 38.8. The summed E-state index contributed by atoms with van der Waals surface area (Å²) in [6.45, 7) is 8.54. The summed E-state index contributed by atoms with van der Waals surface area (Å²) in [7, 11) is 0. The van der Waals surface area contributed by atoms with Gasteiger partial charge in [0.15, 0.2) is 0 Å². The third-order valence-electron chi connectivity index (χ3n) is 3.58. The molecule has 0 saturated carbocycles. The minimum atomic E-state index is -4.42. The highest BCUT2D eigenvalue weighted by Crippen LogP contribution is 2.33. The number of carbonyl (C=O) groups excluding carboxylic acids is 1. The van der Waals surface area contributed by atoms with Gasteiger partial charge in [0.25, 0.3) is 0 Å². The third kappa shape index (κ3) is 4.47. The molecule has 3 N–H and O–H groups in total. The Bertz CT molecular complexity index is 551. The molecule has 0 aliphatic heterocycles. The van der Waals surface area contributed by atoms with Gasteiger partial charge in [-0.15, -0.1) is 0 Å². The molecule has 1 aromatic carbocycles. The Balaban J connectivity index is 3.12. The fraction of sp³-hybridized carbons (Fsp3) is 0.562. The van der Waals surface area contributed by atoms with E-state index in [9.17, 15) is 18.0 Å². The number of nitrogens with one attached hydrogen (secondary N) is 1. The number of carbonyl (C=O) groups is 1. The Kier molecular flexibility index (Phi) is 5.28. The van der Waals surface area contributed by atoms with Crippen LogP contribution in [0.2, 0.25) is 0 Å². The quantitative estimate of drug-likeness (QED) is 0.895. The summed E-state index contributed by atoms with van der Waals surface area (Å²) in [6.07, 6.45) is -4.42. The second-order valence-electron chi connectivity index (χ2n) is 6.47. The van der Waals surface area contributed by atoms with Gasteiger partial charge in [0.1, 0.15) is 0 Å². The van der Waals surface area contributed by atoms with Crippen LogP contribution in [0.1, 0.15) is 44.4 Å². The molecule has 0 aliphatic carbocycles. The van der Waals surface area contributed by atoms with Gasteiger partial charge >= 0.3 is 6.18 Å². The second kappa shape index (κ2) is 6.28. The standard InChI is InChI=1S/C16H23F3N2O/c1-9(2)13(20)14(22)21-15(4,5)11-6-10(3)7-12(8-11)16(17,18)19/h6-9,13H,20H2,1-5H3,(H,21,22)/t13-/m1/s1. The largest absolute Gasteiger partial charge is 0.416 e. The van der Waals surface area contributed by atoms with Crippen LogP contribution in [0.15, 0.2) is 18.2 Å². The lowest BCUT2D eigenvalue weighted by molar-refractivity contribution is -0.137. The van der Waals surface area contributed by atoms with Crippen LogP contribution in [-0.2, 0) is 16.5 Å². The molecule has 0 radical (unpaired) electrons. The molecule has 1 aromatic rings. The Hall–Kier alpha value is -1.56. The van der Waals surface area contributed by atoms with E-state index in [0.29, 0.717) is 11.1 Å². The Morgan fingerprint density at radius 3 is 2.09 bits per heavy atom. The molecule has 0 spiro atoms. The number of benzene rings is 1. The van der Waals surface area contributed by atoms with Crippen LogP contribution in [-0.4, -0.2) is 11.9 Å². The van der Waals surface area contributed by atoms with Crippen molar-refractivity contribution in [1.82, 2.24) is 5.32 Å². The molecule has 0 aromatic heterocycles. The summed E-state index contributed by atoms with van der Waals surface area (Å²) in [5.74, 6) is -0.436. The van der Waals surface area contributed by atoms with E-state index < -0.39 is 23.3 Å². The molecule has 0 bridgehead atoms. The first-order valence-electron chi connectivity index (χ1n) is 7.11. The Labute approximate surface area is 129 Å². The molecule has 0 heterocycles.